The van der Waals surface area contributed by atoms with Crippen LogP contribution in [0.1, 0.15) is 11.1 Å². The quantitative estimate of drug-likeness (QED) is 0.373. The lowest BCUT2D eigenvalue weighted by Gasteiger charge is -2.21. The minimum atomic E-state index is 0.772. The molecule has 3 aromatic carbocycles. The summed E-state index contributed by atoms with van der Waals surface area (Å²) in [6.45, 7) is 4.22. The molecule has 4 rings (SSSR count). The molecule has 0 heterocycles. The molecule has 2 nitrogen and oxygen atoms in total. The molecule has 0 fully saturated rings. The van der Waals surface area contributed by atoms with Gasteiger partial charge in [0.05, 0.1) is 11.4 Å². The maximum absolute atomic E-state index is 4.22. The molecule has 0 amide bonds. The van der Waals surface area contributed by atoms with Gasteiger partial charge in [0.15, 0.2) is 0 Å². The number of fused-ring (bicyclic) bond motifs is 1. The molecule has 29 heavy (non-hydrogen) atoms. The van der Waals surface area contributed by atoms with Crippen LogP contribution >= 0.6 is 31.9 Å². The normalized spacial score (nSPS) is 16.1. The highest BCUT2D eigenvalue weighted by Crippen LogP contribution is 2.35. The lowest BCUT2D eigenvalue weighted by molar-refractivity contribution is 1.18. The zero-order valence-electron chi connectivity index (χ0n) is 15.8. The Bertz CT molecular complexity index is 1130. The highest BCUT2D eigenvalue weighted by Gasteiger charge is 2.15. The molecule has 0 saturated carbocycles. The molecule has 0 bridgehead atoms. The number of para-hydroxylation sites is 2. The average molecular weight is 508 g/mol. The van der Waals surface area contributed by atoms with Gasteiger partial charge in [-0.3, -0.25) is 0 Å². The van der Waals surface area contributed by atoms with E-state index in [0.717, 1.165) is 49.3 Å². The lowest BCUT2D eigenvalue weighted by Crippen LogP contribution is -2.07. The average Bonchev–Trinajstić information content (AvgIpc) is 2.70. The third-order valence-electron chi connectivity index (χ3n) is 4.75. The number of anilines is 3. The molecule has 4 heteroatoms. The number of halogens is 2. The standard InChI is InChI=1S/C25H20Br2N2/c1-17-8-6-14-22(28-24-12-4-2-10-20(24)26)18-9-7-15-23(19(18)16-17)29-25-13-5-3-11-21(25)27/h2-15,28-29H,1,16H2/b8-6-,22-14+. The second-order valence-electron chi connectivity index (χ2n) is 6.82. The van der Waals surface area contributed by atoms with Crippen LogP contribution in [0.5, 0.6) is 0 Å². The van der Waals surface area contributed by atoms with Crippen molar-refractivity contribution in [1.82, 2.24) is 0 Å². The number of nitrogens with one attached hydrogen (secondary N) is 2. The van der Waals surface area contributed by atoms with E-state index < -0.39 is 0 Å². The molecule has 0 unspecified atom stereocenters. The van der Waals surface area contributed by atoms with Gasteiger partial charge in [0.2, 0.25) is 0 Å². The summed E-state index contributed by atoms with van der Waals surface area (Å²) >= 11 is 7.27. The molecule has 0 atom stereocenters. The first-order valence-corrected chi connectivity index (χ1v) is 10.9. The van der Waals surface area contributed by atoms with Crippen LogP contribution in [0.3, 0.4) is 0 Å². The first-order valence-electron chi connectivity index (χ1n) is 9.33. The van der Waals surface area contributed by atoms with Gasteiger partial charge in [0.25, 0.3) is 0 Å². The van der Waals surface area contributed by atoms with Gasteiger partial charge in [0, 0.05) is 25.9 Å². The Morgan fingerprint density at radius 2 is 1.34 bits per heavy atom. The van der Waals surface area contributed by atoms with Crippen molar-refractivity contribution < 1.29 is 0 Å². The van der Waals surface area contributed by atoms with Crippen molar-refractivity contribution in [1.29, 1.82) is 0 Å². The van der Waals surface area contributed by atoms with Crippen LogP contribution < -0.4 is 10.6 Å². The predicted octanol–water partition coefficient (Wildman–Crippen LogP) is 8.08. The first-order chi connectivity index (χ1) is 14.1. The van der Waals surface area contributed by atoms with E-state index >= 15 is 0 Å². The van der Waals surface area contributed by atoms with Crippen LogP contribution in [-0.4, -0.2) is 0 Å². The molecule has 2 N–H and O–H groups in total. The Hall–Kier alpha value is -2.56. The topological polar surface area (TPSA) is 24.1 Å². The Kier molecular flexibility index (Phi) is 6.02. The number of hydrogen-bond donors (Lipinski definition) is 2. The Balaban J connectivity index is 1.78. The molecule has 0 aromatic heterocycles. The Morgan fingerprint density at radius 3 is 2.03 bits per heavy atom. The van der Waals surface area contributed by atoms with Gasteiger partial charge < -0.3 is 10.6 Å². The summed E-state index contributed by atoms with van der Waals surface area (Å²) in [5, 5.41) is 7.18. The van der Waals surface area contributed by atoms with Gasteiger partial charge in [-0.15, -0.1) is 0 Å². The molecular formula is C25H20Br2N2. The molecule has 1 aliphatic carbocycles. The largest absolute Gasteiger partial charge is 0.354 e. The SMILES string of the molecule is C=C1/C=C\C=C(\Nc2ccccc2Br)c2cccc(Nc3ccccc3Br)c2C1. The smallest absolute Gasteiger partial charge is 0.0528 e. The summed E-state index contributed by atoms with van der Waals surface area (Å²) < 4.78 is 2.06. The second-order valence-corrected chi connectivity index (χ2v) is 8.52. The zero-order valence-corrected chi connectivity index (χ0v) is 18.9. The van der Waals surface area contributed by atoms with Gasteiger partial charge in [-0.2, -0.15) is 0 Å². The molecule has 0 aliphatic heterocycles. The van der Waals surface area contributed by atoms with E-state index in [4.69, 9.17) is 0 Å². The Morgan fingerprint density at radius 1 is 0.724 bits per heavy atom. The second kappa shape index (κ2) is 8.85. The molecule has 0 saturated heterocycles. The fraction of sp³-hybridized carbons (Fsp3) is 0.0400. The van der Waals surface area contributed by atoms with Gasteiger partial charge in [-0.1, -0.05) is 60.7 Å². The first kappa shape index (κ1) is 19.7. The maximum Gasteiger partial charge on any atom is 0.0528 e. The van der Waals surface area contributed by atoms with E-state index in [-0.39, 0.29) is 0 Å². The van der Waals surface area contributed by atoms with Crippen molar-refractivity contribution in [3.63, 3.8) is 0 Å². The third-order valence-corrected chi connectivity index (χ3v) is 6.13. The maximum atomic E-state index is 4.22. The highest BCUT2D eigenvalue weighted by atomic mass is 79.9. The zero-order chi connectivity index (χ0) is 20.2. The number of hydrogen-bond acceptors (Lipinski definition) is 2. The van der Waals surface area contributed by atoms with Crippen molar-refractivity contribution >= 4 is 54.6 Å². The number of benzene rings is 3. The molecule has 144 valence electrons. The molecule has 1 aliphatic rings. The summed E-state index contributed by atoms with van der Waals surface area (Å²) in [5.41, 5.74) is 7.63. The van der Waals surface area contributed by atoms with Crippen LogP contribution in [0.4, 0.5) is 17.1 Å². The van der Waals surface area contributed by atoms with E-state index in [0.29, 0.717) is 0 Å². The van der Waals surface area contributed by atoms with Crippen LogP contribution in [-0.2, 0) is 6.42 Å². The predicted molar refractivity (Wildman–Crippen MR) is 132 cm³/mol. The number of rotatable bonds is 4. The van der Waals surface area contributed by atoms with Gasteiger partial charge >= 0.3 is 0 Å². The van der Waals surface area contributed by atoms with E-state index in [1.54, 1.807) is 0 Å². The van der Waals surface area contributed by atoms with Crippen LogP contribution in [0.25, 0.3) is 5.70 Å². The summed E-state index contributed by atoms with van der Waals surface area (Å²) in [6.07, 6.45) is 7.00. The third kappa shape index (κ3) is 4.55. The molecule has 3 aromatic rings. The van der Waals surface area contributed by atoms with Crippen LogP contribution in [0, 0.1) is 0 Å². The number of allylic oxidation sites excluding steroid dienone is 4. The van der Waals surface area contributed by atoms with Crippen molar-refractivity contribution in [3.8, 4) is 0 Å². The minimum Gasteiger partial charge on any atom is -0.354 e. The lowest BCUT2D eigenvalue weighted by atomic mass is 9.94. The van der Waals surface area contributed by atoms with Gasteiger partial charge in [-0.05, 0) is 80.3 Å². The molecule has 0 radical (unpaired) electrons. The van der Waals surface area contributed by atoms with Gasteiger partial charge in [-0.25, -0.2) is 0 Å². The fourth-order valence-corrected chi connectivity index (χ4v) is 4.10. The van der Waals surface area contributed by atoms with Crippen molar-refractivity contribution in [3.05, 3.63) is 117 Å². The van der Waals surface area contributed by atoms with Crippen molar-refractivity contribution in [2.75, 3.05) is 10.6 Å². The molecular weight excluding hydrogens is 488 g/mol. The summed E-state index contributed by atoms with van der Waals surface area (Å²) in [5.74, 6) is 0. The van der Waals surface area contributed by atoms with Crippen molar-refractivity contribution in [2.24, 2.45) is 0 Å². The van der Waals surface area contributed by atoms with E-state index in [2.05, 4.69) is 97.6 Å². The fourth-order valence-electron chi connectivity index (χ4n) is 3.33. The van der Waals surface area contributed by atoms with Crippen LogP contribution in [0.2, 0.25) is 0 Å². The molecule has 0 spiro atoms. The van der Waals surface area contributed by atoms with E-state index in [1.807, 2.05) is 36.4 Å². The summed E-state index contributed by atoms with van der Waals surface area (Å²) in [6, 6.07) is 22.6. The highest BCUT2D eigenvalue weighted by molar-refractivity contribution is 9.11. The van der Waals surface area contributed by atoms with Gasteiger partial charge in [0.1, 0.15) is 0 Å². The summed E-state index contributed by atoms with van der Waals surface area (Å²) in [7, 11) is 0. The minimum absolute atomic E-state index is 0.772. The van der Waals surface area contributed by atoms with Crippen LogP contribution in [0.15, 0.2) is 106 Å². The summed E-state index contributed by atoms with van der Waals surface area (Å²) in [4.78, 5) is 0. The monoisotopic (exact) mass is 506 g/mol. The van der Waals surface area contributed by atoms with E-state index in [1.165, 1.54) is 5.56 Å². The van der Waals surface area contributed by atoms with E-state index in [9.17, 15) is 0 Å². The Labute approximate surface area is 188 Å². The van der Waals surface area contributed by atoms with Crippen molar-refractivity contribution in [2.45, 2.75) is 6.42 Å².